The molecule has 0 spiro atoms. The molecule has 0 unspecified atom stereocenters. The fraction of sp³-hybridized carbons (Fsp3) is 0.556. The van der Waals surface area contributed by atoms with Gasteiger partial charge in [-0.25, -0.2) is 4.98 Å². The number of para-hydroxylation sites is 1. The molecule has 6 rings (SSSR count). The minimum atomic E-state index is -2.03. The average molecular weight is 1980 g/mol. The Hall–Kier alpha value is -15.2. The smallest absolute Gasteiger partial charge is 0.325 e. The van der Waals surface area contributed by atoms with Crippen molar-refractivity contribution in [1.82, 2.24) is 105 Å². The quantitative estimate of drug-likeness (QED) is 0.0197. The molecule has 0 bridgehead atoms. The van der Waals surface area contributed by atoms with Crippen molar-refractivity contribution in [3.63, 3.8) is 0 Å². The van der Waals surface area contributed by atoms with Gasteiger partial charge in [0, 0.05) is 80.6 Å². The first kappa shape index (κ1) is 114. The van der Waals surface area contributed by atoms with Gasteiger partial charge in [0.25, 0.3) is 0 Å². The van der Waals surface area contributed by atoms with Crippen molar-refractivity contribution in [2.24, 2.45) is 23.5 Å². The van der Waals surface area contributed by atoms with E-state index >= 15 is 14.4 Å². The lowest BCUT2D eigenvalue weighted by atomic mass is 9.99. The molecule has 0 saturated carbocycles. The highest BCUT2D eigenvalue weighted by Crippen LogP contribution is 2.26. The predicted octanol–water partition coefficient (Wildman–Crippen LogP) is -4.70. The molecule has 51 heteroatoms. The zero-order valence-corrected chi connectivity index (χ0v) is 79.3. The van der Waals surface area contributed by atoms with Crippen molar-refractivity contribution < 1.29 is 146 Å². The van der Waals surface area contributed by atoms with Crippen molar-refractivity contribution in [3.8, 4) is 5.75 Å². The van der Waals surface area contributed by atoms with Gasteiger partial charge in [-0.05, 0) is 132 Å². The van der Waals surface area contributed by atoms with Crippen LogP contribution >= 0.6 is 0 Å². The van der Waals surface area contributed by atoms with Gasteiger partial charge in [0.1, 0.15) is 96.4 Å². The second-order valence-electron chi connectivity index (χ2n) is 35.8. The van der Waals surface area contributed by atoms with E-state index in [0.717, 1.165) is 11.8 Å². The van der Waals surface area contributed by atoms with E-state index in [2.05, 4.69) is 94.7 Å². The summed E-state index contributed by atoms with van der Waals surface area (Å²) in [6.45, 7) is 11.7. The van der Waals surface area contributed by atoms with Gasteiger partial charge in [-0.1, -0.05) is 71.9 Å². The molecule has 4 heterocycles. The number of carboxylic acid groups (broad SMARTS) is 6. The summed E-state index contributed by atoms with van der Waals surface area (Å²) in [5.74, 6) is -28.0. The van der Waals surface area contributed by atoms with E-state index in [0.29, 0.717) is 16.5 Å². The molecule has 26 N–H and O–H groups in total. The van der Waals surface area contributed by atoms with Crippen LogP contribution in [0.5, 0.6) is 5.75 Å². The Kier molecular flexibility index (Phi) is 45.0. The summed E-state index contributed by atoms with van der Waals surface area (Å²) in [5, 5.41) is 105. The number of hydrogen-bond acceptors (Lipinski definition) is 26. The molecule has 2 aromatic carbocycles. The number of nitrogens with two attached hydrogens (primary N) is 1. The summed E-state index contributed by atoms with van der Waals surface area (Å²) in [5.41, 5.74) is 7.10. The van der Waals surface area contributed by atoms with Crippen LogP contribution in [0, 0.1) is 17.8 Å². The Morgan fingerprint density at radius 3 is 1.28 bits per heavy atom. The zero-order chi connectivity index (χ0) is 105. The summed E-state index contributed by atoms with van der Waals surface area (Å²) in [4.78, 5) is 324. The van der Waals surface area contributed by atoms with Crippen molar-refractivity contribution in [3.05, 3.63) is 84.1 Å². The lowest BCUT2D eigenvalue weighted by molar-refractivity contribution is -0.147. The van der Waals surface area contributed by atoms with Crippen LogP contribution < -0.4 is 85.5 Å². The van der Waals surface area contributed by atoms with Gasteiger partial charge in [0.2, 0.25) is 100 Å². The third-order valence-electron chi connectivity index (χ3n) is 22.7. The number of nitrogens with one attached hydrogen (secondary N) is 17. The number of likely N-dealkylation sites (tertiary alicyclic amines) is 2. The molecular formula is C90H127N21O30. The van der Waals surface area contributed by atoms with Gasteiger partial charge in [0.15, 0.2) is 0 Å². The number of imidazole rings is 1. The minimum Gasteiger partial charge on any atom is -0.508 e. The highest BCUT2D eigenvalue weighted by molar-refractivity contribution is 6.03. The number of aromatic nitrogens is 3. The highest BCUT2D eigenvalue weighted by Gasteiger charge is 2.44. The third-order valence-corrected chi connectivity index (χ3v) is 22.7. The van der Waals surface area contributed by atoms with Crippen LogP contribution in [0.15, 0.2) is 67.3 Å². The molecule has 0 radical (unpaired) electrons. The number of hydrogen-bond donors (Lipinski definition) is 25. The van der Waals surface area contributed by atoms with Crippen LogP contribution in [0.2, 0.25) is 0 Å². The van der Waals surface area contributed by atoms with Gasteiger partial charge in [-0.15, -0.1) is 0 Å². The molecule has 16 atom stereocenters. The normalized spacial score (nSPS) is 16.3. The third kappa shape index (κ3) is 37.9. The molecule has 4 aromatic rings. The van der Waals surface area contributed by atoms with E-state index in [9.17, 15) is 132 Å². The SMILES string of the molecule is CC(C)C[C@H](NC(=O)[C@H](CCC(=O)O)NC(=O)CNC(=O)[C@H](CCC(=O)O)NC(=O)[C@H](C)N)C(=O)N[C@@H](Cc1cnc[nH]1)C(=O)N[C@@H](CCC(=O)O)C(=O)N[C@@H](Cc1c[nH]c2ccccc12)C(=O)N[C@@H](CC(C)C)C(=O)N1CCC[C@H]1C(=O)N[C@@H](CC(C)C)C(=O)N[C@@H](Cc1ccc(O)cc1)C(=O)N[C@@H](CC(=O)O)C(=O)N[C@@H](C)C(=O)NCC(=O)N[C@@H](CC(=O)O)C(=O)N1CCC[C@H]1C(=O)N[C@@H](C)C(=O)O. The first-order valence-electron chi connectivity index (χ1n) is 45.9. The molecule has 141 heavy (non-hydrogen) atoms. The summed E-state index contributed by atoms with van der Waals surface area (Å²) < 4.78 is 0. The standard InChI is InChI=1S/C90H127N21O30/c1-43(2)30-58(103-78(128)56(23-26-71(117)118)99-68(113)41-95-77(127)55(22-25-70(115)116)101-75(125)46(7)91)81(131)106-62(35-51-39-92-42-96-51)85(135)102-57(24-27-72(119)120)79(129)105-61(34-50-38-93-54-15-11-10-14-53(50)54)84(134)109-64(32-45(5)6)88(138)111-29-13-17-67(111)87(137)108-59(31-44(3)4)82(132)104-60(33-49-18-20-52(112)21-19-49)83(133)107-63(36-73(121)122)80(130)97-47(8)76(126)94-40-69(114)100-65(37-74(123)124)89(139)110-28-12-16-66(110)86(136)98-48(9)90(140)141/h10-11,14-15,18-21,38-39,42-48,55-67,93,112H,12-13,16-17,22-37,40-41,91H2,1-9H3,(H,92,96)(H,94,126)(H,95,127)(H,97,130)(H,98,136)(H,99,113)(H,100,114)(H,101,125)(H,102,135)(H,103,128)(H,104,132)(H,105,129)(H,106,131)(H,107,133)(H,108,137)(H,109,134)(H,115,116)(H,117,118)(H,119,120)(H,121,122)(H,123,124)(H,140,141)/t46-,47-,48-,55-,56-,57-,58-,59-,60-,61-,62-,63-,64-,65-,66-,67-/m0/s1. The number of rotatable bonds is 58. The fourth-order valence-electron chi connectivity index (χ4n) is 15.4. The van der Waals surface area contributed by atoms with Crippen LogP contribution in [-0.2, 0) is 130 Å². The van der Waals surface area contributed by atoms with Gasteiger partial charge >= 0.3 is 35.8 Å². The molecule has 2 aliphatic heterocycles. The second-order valence-corrected chi connectivity index (χ2v) is 35.8. The Morgan fingerprint density at radius 2 is 0.794 bits per heavy atom. The monoisotopic (exact) mass is 1980 g/mol. The molecule has 2 saturated heterocycles. The van der Waals surface area contributed by atoms with Crippen LogP contribution in [0.25, 0.3) is 10.9 Å². The first-order chi connectivity index (χ1) is 66.4. The lowest BCUT2D eigenvalue weighted by Gasteiger charge is -2.32. The van der Waals surface area contributed by atoms with Crippen molar-refractivity contribution in [2.75, 3.05) is 26.2 Å². The van der Waals surface area contributed by atoms with Crippen LogP contribution in [-0.4, -0.2) is 320 Å². The summed E-state index contributed by atoms with van der Waals surface area (Å²) >= 11 is 0. The Balaban J connectivity index is 1.21. The van der Waals surface area contributed by atoms with E-state index in [4.69, 9.17) is 5.73 Å². The Morgan fingerprint density at radius 1 is 0.397 bits per heavy atom. The molecule has 2 aliphatic rings. The number of fused-ring (bicyclic) bond motifs is 1. The van der Waals surface area contributed by atoms with Crippen LogP contribution in [0.1, 0.15) is 175 Å². The number of carboxylic acids is 6. The minimum absolute atomic E-state index is 0.0123. The molecule has 2 aromatic heterocycles. The van der Waals surface area contributed by atoms with E-state index in [-0.39, 0.29) is 81.5 Å². The molecule has 51 nitrogen and oxygen atoms in total. The van der Waals surface area contributed by atoms with Gasteiger partial charge in [-0.3, -0.25) is 110 Å². The van der Waals surface area contributed by atoms with E-state index in [1.54, 1.807) is 72.0 Å². The van der Waals surface area contributed by atoms with E-state index in [1.165, 1.54) is 55.5 Å². The number of carbonyl (C=O) groups excluding carboxylic acids is 17. The predicted molar refractivity (Wildman–Crippen MR) is 493 cm³/mol. The Bertz CT molecular complexity index is 5160. The maximum Gasteiger partial charge on any atom is 0.325 e. The molecular weight excluding hydrogens is 1860 g/mol. The molecule has 0 aliphatic carbocycles. The molecule has 772 valence electrons. The maximum atomic E-state index is 15.4. The van der Waals surface area contributed by atoms with Gasteiger partial charge < -0.3 is 141 Å². The summed E-state index contributed by atoms with van der Waals surface area (Å²) in [6.07, 6.45) is -3.05. The second kappa shape index (κ2) is 55.4. The van der Waals surface area contributed by atoms with Crippen LogP contribution in [0.3, 0.4) is 0 Å². The van der Waals surface area contributed by atoms with Crippen molar-refractivity contribution in [2.45, 2.75) is 275 Å². The number of benzene rings is 2. The van der Waals surface area contributed by atoms with Gasteiger partial charge in [-0.2, -0.15) is 0 Å². The van der Waals surface area contributed by atoms with Crippen molar-refractivity contribution in [1.29, 1.82) is 0 Å². The largest absolute Gasteiger partial charge is 0.508 e. The molecule has 17 amide bonds. The summed E-state index contributed by atoms with van der Waals surface area (Å²) in [7, 11) is 0. The average Bonchev–Trinajstić information content (AvgIpc) is 1.71. The topological polar surface area (TPSA) is 792 Å². The number of phenols is 1. The number of nitrogens with zero attached hydrogens (tertiary/aromatic N) is 3. The first-order valence-corrected chi connectivity index (χ1v) is 45.9. The zero-order valence-electron chi connectivity index (χ0n) is 79.3. The fourth-order valence-corrected chi connectivity index (χ4v) is 15.4. The van der Waals surface area contributed by atoms with Crippen molar-refractivity contribution >= 4 is 147 Å². The van der Waals surface area contributed by atoms with Gasteiger partial charge in [0.05, 0.1) is 38.3 Å². The lowest BCUT2D eigenvalue weighted by Crippen LogP contribution is -2.61. The maximum absolute atomic E-state index is 15.4. The number of H-pyrrole nitrogens is 2. The number of carbonyl (C=O) groups is 23. The number of aromatic hydroxyl groups is 1. The summed E-state index contributed by atoms with van der Waals surface area (Å²) in [6, 6.07) is -13.3. The van der Waals surface area contributed by atoms with E-state index in [1.807, 2.05) is 0 Å². The Labute approximate surface area is 808 Å². The van der Waals surface area contributed by atoms with E-state index < -0.39 is 328 Å². The number of aliphatic carboxylic acids is 6. The number of phenolic OH excluding ortho intramolecular Hbond substituents is 1. The molecule has 2 fully saturated rings. The highest BCUT2D eigenvalue weighted by atomic mass is 16.4. The number of amides is 17. The van der Waals surface area contributed by atoms with Crippen LogP contribution in [0.4, 0.5) is 0 Å². The number of aromatic amines is 2.